The number of carbonyl (C=O) groups excluding carboxylic acids is 1. The Balaban J connectivity index is 2.38. The molecule has 1 N–H and O–H groups in total. The molecule has 0 spiro atoms. The molecule has 0 radical (unpaired) electrons. The van der Waals surface area contributed by atoms with Crippen LogP contribution in [0.15, 0.2) is 17.8 Å². The third kappa shape index (κ3) is 3.57. The van der Waals surface area contributed by atoms with E-state index in [0.717, 1.165) is 12.3 Å². The monoisotopic (exact) mass is 418 g/mol. The van der Waals surface area contributed by atoms with Crippen LogP contribution >= 0.6 is 0 Å². The third-order valence-corrected chi connectivity index (χ3v) is 5.38. The van der Waals surface area contributed by atoms with Gasteiger partial charge < -0.3 is 9.64 Å². The van der Waals surface area contributed by atoms with Crippen LogP contribution in [0.2, 0.25) is 0 Å². The highest BCUT2D eigenvalue weighted by Crippen LogP contribution is 2.47. The Kier molecular flexibility index (Phi) is 4.68. The molecule has 6 nitrogen and oxygen atoms in total. The van der Waals surface area contributed by atoms with Crippen molar-refractivity contribution in [3.8, 4) is 5.75 Å². The second-order valence-corrected chi connectivity index (χ2v) is 9.22. The fraction of sp³-hybridized carbons (Fsp3) is 0.500. The van der Waals surface area contributed by atoms with Gasteiger partial charge in [-0.05, 0) is 44.9 Å². The second-order valence-electron chi connectivity index (χ2n) is 7.47. The maximum atomic E-state index is 13.5. The van der Waals surface area contributed by atoms with Crippen LogP contribution in [0.3, 0.4) is 0 Å². The van der Waals surface area contributed by atoms with E-state index in [1.807, 2.05) is 0 Å². The number of sulfonamides is 1. The molecule has 0 aromatic heterocycles. The molecule has 0 bridgehead atoms. The van der Waals surface area contributed by atoms with Crippen molar-refractivity contribution >= 4 is 21.6 Å². The minimum absolute atomic E-state index is 0.0418. The molecule has 1 saturated heterocycles. The fourth-order valence-electron chi connectivity index (χ4n) is 3.62. The van der Waals surface area contributed by atoms with E-state index in [2.05, 4.69) is 4.72 Å². The zero-order valence-corrected chi connectivity index (χ0v) is 16.7. The summed E-state index contributed by atoms with van der Waals surface area (Å²) in [5.41, 5.74) is -1.94. The molecule has 1 aromatic carbocycles. The quantitative estimate of drug-likeness (QED) is 0.819. The average Bonchev–Trinajstić information content (AvgIpc) is 2.91. The molecule has 2 aliphatic rings. The van der Waals surface area contributed by atoms with Gasteiger partial charge in [-0.15, -0.1) is 0 Å². The Morgan fingerprint density at radius 3 is 2.39 bits per heavy atom. The lowest BCUT2D eigenvalue weighted by Crippen LogP contribution is -2.46. The van der Waals surface area contributed by atoms with Gasteiger partial charge in [0.1, 0.15) is 11.4 Å². The van der Waals surface area contributed by atoms with Crippen LogP contribution in [0.5, 0.6) is 5.75 Å². The molecule has 1 aromatic rings. The molecule has 0 unspecified atom stereocenters. The topological polar surface area (TPSA) is 75.7 Å². The van der Waals surface area contributed by atoms with Crippen molar-refractivity contribution in [2.45, 2.75) is 45.4 Å². The summed E-state index contributed by atoms with van der Waals surface area (Å²) in [6.45, 7) is 4.77. The number of amides is 1. The highest BCUT2D eigenvalue weighted by molar-refractivity contribution is 7.88. The first kappa shape index (κ1) is 20.5. The molecular formula is C18H21F3N2O4S. The van der Waals surface area contributed by atoms with Crippen LogP contribution in [-0.4, -0.2) is 37.6 Å². The zero-order chi connectivity index (χ0) is 21.1. The molecule has 0 saturated carbocycles. The number of hydrogen-bond acceptors (Lipinski definition) is 4. The van der Waals surface area contributed by atoms with Gasteiger partial charge in [0.15, 0.2) is 0 Å². The number of alkyl halides is 3. The number of fused-ring (bicyclic) bond motifs is 1. The molecule has 2 aliphatic heterocycles. The summed E-state index contributed by atoms with van der Waals surface area (Å²) in [5.74, 6) is -0.104. The van der Waals surface area contributed by atoms with E-state index < -0.39 is 27.4 Å². The highest BCUT2D eigenvalue weighted by Gasteiger charge is 2.44. The molecular weight excluding hydrogens is 397 g/mol. The Bertz CT molecular complexity index is 981. The summed E-state index contributed by atoms with van der Waals surface area (Å²) in [6, 6.07) is 2.15. The lowest BCUT2D eigenvalue weighted by Gasteiger charge is -2.40. The molecule has 28 heavy (non-hydrogen) atoms. The van der Waals surface area contributed by atoms with E-state index in [4.69, 9.17) is 4.74 Å². The molecule has 1 fully saturated rings. The van der Waals surface area contributed by atoms with E-state index in [-0.39, 0.29) is 47.1 Å². The van der Waals surface area contributed by atoms with Gasteiger partial charge in [-0.2, -0.15) is 13.2 Å². The Morgan fingerprint density at radius 2 is 1.89 bits per heavy atom. The predicted octanol–water partition coefficient (Wildman–Crippen LogP) is 3.03. The smallest absolute Gasteiger partial charge is 0.416 e. The molecule has 10 heteroatoms. The Morgan fingerprint density at radius 1 is 1.25 bits per heavy atom. The number of halogens is 3. The Hall–Kier alpha value is -2.23. The van der Waals surface area contributed by atoms with Crippen molar-refractivity contribution in [1.82, 2.24) is 9.62 Å². The van der Waals surface area contributed by atoms with Gasteiger partial charge in [0, 0.05) is 18.5 Å². The summed E-state index contributed by atoms with van der Waals surface area (Å²) in [6.07, 6.45) is -2.89. The summed E-state index contributed by atoms with van der Waals surface area (Å²) in [5, 5.41) is 0. The largest absolute Gasteiger partial charge is 0.481 e. The summed E-state index contributed by atoms with van der Waals surface area (Å²) in [7, 11) is -3.78. The molecule has 154 valence electrons. The summed E-state index contributed by atoms with van der Waals surface area (Å²) < 4.78 is 72.6. The maximum Gasteiger partial charge on any atom is 0.416 e. The minimum atomic E-state index is -4.60. The van der Waals surface area contributed by atoms with E-state index in [0.29, 0.717) is 6.42 Å². The molecule has 1 amide bonds. The maximum absolute atomic E-state index is 13.5. The normalized spacial score (nSPS) is 19.5. The summed E-state index contributed by atoms with van der Waals surface area (Å²) >= 11 is 0. The van der Waals surface area contributed by atoms with E-state index in [9.17, 15) is 26.4 Å². The van der Waals surface area contributed by atoms with Gasteiger partial charge in [-0.1, -0.05) is 0 Å². The van der Waals surface area contributed by atoms with Gasteiger partial charge in [0.2, 0.25) is 15.9 Å². The van der Waals surface area contributed by atoms with Crippen LogP contribution < -0.4 is 9.46 Å². The minimum Gasteiger partial charge on any atom is -0.481 e. The number of likely N-dealkylation sites (tertiary alicyclic amines) is 1. The van der Waals surface area contributed by atoms with Crippen molar-refractivity contribution in [1.29, 1.82) is 0 Å². The fourth-order valence-corrected chi connectivity index (χ4v) is 4.33. The number of carbonyl (C=O) groups is 1. The van der Waals surface area contributed by atoms with Crippen molar-refractivity contribution in [2.75, 3.05) is 12.8 Å². The van der Waals surface area contributed by atoms with E-state index in [1.165, 1.54) is 17.9 Å². The summed E-state index contributed by atoms with van der Waals surface area (Å²) in [4.78, 5) is 13.8. The highest BCUT2D eigenvalue weighted by atomic mass is 32.2. The third-order valence-electron chi connectivity index (χ3n) is 4.80. The van der Waals surface area contributed by atoms with Gasteiger partial charge in [-0.3, -0.25) is 9.52 Å². The van der Waals surface area contributed by atoms with Gasteiger partial charge in [0.25, 0.3) is 0 Å². The second kappa shape index (κ2) is 6.40. The van der Waals surface area contributed by atoms with Crippen molar-refractivity contribution in [2.24, 2.45) is 0 Å². The average molecular weight is 418 g/mol. The van der Waals surface area contributed by atoms with Crippen LogP contribution in [0.1, 0.15) is 43.4 Å². The van der Waals surface area contributed by atoms with Crippen LogP contribution in [0, 0.1) is 6.92 Å². The predicted molar refractivity (Wildman–Crippen MR) is 96.7 cm³/mol. The number of hydrogen-bond donors (Lipinski definition) is 1. The molecule has 0 aliphatic carbocycles. The van der Waals surface area contributed by atoms with Crippen LogP contribution in [0.4, 0.5) is 13.2 Å². The van der Waals surface area contributed by atoms with E-state index in [1.54, 1.807) is 13.8 Å². The number of rotatable bonds is 3. The number of ether oxygens (including phenoxy) is 1. The zero-order valence-electron chi connectivity index (χ0n) is 15.9. The van der Waals surface area contributed by atoms with Crippen LogP contribution in [-0.2, 0) is 21.0 Å². The first-order valence-corrected chi connectivity index (χ1v) is 10.5. The first-order valence-electron chi connectivity index (χ1n) is 8.65. The first-order chi connectivity index (χ1) is 12.7. The van der Waals surface area contributed by atoms with Crippen molar-refractivity contribution in [3.05, 3.63) is 34.5 Å². The SMILES string of the molecule is Cc1c(C(F)(F)F)ccc2c1C(N1CCCC1=O)=C(NS(C)(=O)=O)C(C)(C)O2. The van der Waals surface area contributed by atoms with Gasteiger partial charge >= 0.3 is 6.18 Å². The Labute approximate surface area is 161 Å². The van der Waals surface area contributed by atoms with Crippen molar-refractivity contribution < 1.29 is 31.1 Å². The lowest BCUT2D eigenvalue weighted by molar-refractivity contribution is -0.138. The van der Waals surface area contributed by atoms with Gasteiger partial charge in [-0.25, -0.2) is 8.42 Å². The lowest BCUT2D eigenvalue weighted by atomic mass is 9.90. The number of nitrogens with zero attached hydrogens (tertiary/aromatic N) is 1. The molecule has 3 rings (SSSR count). The van der Waals surface area contributed by atoms with Crippen molar-refractivity contribution in [3.63, 3.8) is 0 Å². The molecule has 0 atom stereocenters. The standard InChI is InChI=1S/C18H21F3N2O4S/c1-10-11(18(19,20)21)7-8-12-14(10)15(23-9-5-6-13(23)24)16(17(2,3)27-12)22-28(4,25)26/h7-8,22H,5-6,9H2,1-4H3. The van der Waals surface area contributed by atoms with E-state index >= 15 is 0 Å². The number of benzene rings is 1. The van der Waals surface area contributed by atoms with Crippen LogP contribution in [0.25, 0.3) is 5.70 Å². The van der Waals surface area contributed by atoms with Gasteiger partial charge in [0.05, 0.1) is 23.2 Å². The molecule has 2 heterocycles. The number of nitrogens with one attached hydrogen (secondary N) is 1.